The first kappa shape index (κ1) is 17.3. The molecular weight excluding hydrogens is 350 g/mol. The van der Waals surface area contributed by atoms with Crippen molar-refractivity contribution in [1.29, 1.82) is 0 Å². The lowest BCUT2D eigenvalue weighted by Crippen LogP contribution is -2.36. The largest absolute Gasteiger partial charge is 0.349 e. The van der Waals surface area contributed by atoms with Crippen LogP contribution in [-0.2, 0) is 27.6 Å². The topological polar surface area (TPSA) is 81.1 Å². The van der Waals surface area contributed by atoms with E-state index in [1.54, 1.807) is 0 Å². The molecule has 2 aromatic rings. The van der Waals surface area contributed by atoms with Gasteiger partial charge in [0, 0.05) is 11.3 Å². The van der Waals surface area contributed by atoms with Crippen molar-refractivity contribution >= 4 is 15.7 Å². The third-order valence-corrected chi connectivity index (χ3v) is 7.13. The molecule has 1 aliphatic carbocycles. The van der Waals surface area contributed by atoms with Gasteiger partial charge in [0.2, 0.25) is 5.91 Å². The van der Waals surface area contributed by atoms with Gasteiger partial charge in [0.15, 0.2) is 9.84 Å². The van der Waals surface area contributed by atoms with Gasteiger partial charge in [0.05, 0.1) is 36.2 Å². The molecule has 1 N–H and O–H groups in total. The second-order valence-corrected chi connectivity index (χ2v) is 9.47. The molecule has 26 heavy (non-hydrogen) atoms. The minimum Gasteiger partial charge on any atom is -0.349 e. The molecular formula is C19H23N3O3S. The smallest absolute Gasteiger partial charge is 0.224 e. The van der Waals surface area contributed by atoms with Crippen LogP contribution in [0.25, 0.3) is 0 Å². The summed E-state index contributed by atoms with van der Waals surface area (Å²) >= 11 is 0. The Hall–Kier alpha value is -2.15. The zero-order valence-corrected chi connectivity index (χ0v) is 15.4. The van der Waals surface area contributed by atoms with E-state index in [9.17, 15) is 13.2 Å². The number of rotatable bonds is 4. The van der Waals surface area contributed by atoms with Crippen molar-refractivity contribution in [3.05, 3.63) is 53.3 Å². The van der Waals surface area contributed by atoms with Crippen LogP contribution in [0.3, 0.4) is 0 Å². The van der Waals surface area contributed by atoms with Crippen molar-refractivity contribution in [2.75, 3.05) is 11.5 Å². The van der Waals surface area contributed by atoms with Crippen molar-refractivity contribution in [3.8, 4) is 0 Å². The highest BCUT2D eigenvalue weighted by Crippen LogP contribution is 2.31. The average molecular weight is 373 g/mol. The van der Waals surface area contributed by atoms with Crippen molar-refractivity contribution in [1.82, 2.24) is 15.1 Å². The molecule has 6 nitrogen and oxygen atoms in total. The summed E-state index contributed by atoms with van der Waals surface area (Å²) in [6.45, 7) is 0.720. The molecule has 0 bridgehead atoms. The Morgan fingerprint density at radius 1 is 1.23 bits per heavy atom. The van der Waals surface area contributed by atoms with E-state index in [4.69, 9.17) is 0 Å². The molecule has 0 radical (unpaired) electrons. The number of carbonyl (C=O) groups is 1. The highest BCUT2D eigenvalue weighted by Gasteiger charge is 2.35. The van der Waals surface area contributed by atoms with Crippen molar-refractivity contribution < 1.29 is 13.2 Å². The fourth-order valence-electron chi connectivity index (χ4n) is 3.95. The number of nitrogens with one attached hydrogen (secondary N) is 1. The summed E-state index contributed by atoms with van der Waals surface area (Å²) in [7, 11) is -3.05. The Morgan fingerprint density at radius 3 is 2.77 bits per heavy atom. The van der Waals surface area contributed by atoms with Gasteiger partial charge in [-0.3, -0.25) is 9.48 Å². The van der Waals surface area contributed by atoms with Gasteiger partial charge >= 0.3 is 0 Å². The maximum Gasteiger partial charge on any atom is 0.224 e. The van der Waals surface area contributed by atoms with Crippen LogP contribution in [-0.4, -0.2) is 35.6 Å². The summed E-state index contributed by atoms with van der Waals surface area (Å²) in [6, 6.07) is 10.1. The summed E-state index contributed by atoms with van der Waals surface area (Å²) in [5.41, 5.74) is 3.44. The number of sulfone groups is 1. The zero-order chi connectivity index (χ0) is 18.1. The van der Waals surface area contributed by atoms with Crippen LogP contribution in [0.5, 0.6) is 0 Å². The molecule has 4 rings (SSSR count). The van der Waals surface area contributed by atoms with E-state index >= 15 is 0 Å². The Labute approximate surface area is 153 Å². The van der Waals surface area contributed by atoms with E-state index in [1.165, 1.54) is 11.3 Å². The van der Waals surface area contributed by atoms with Gasteiger partial charge in [-0.1, -0.05) is 30.3 Å². The number of hydrogen-bond acceptors (Lipinski definition) is 4. The van der Waals surface area contributed by atoms with Crippen molar-refractivity contribution in [2.24, 2.45) is 5.92 Å². The van der Waals surface area contributed by atoms with Gasteiger partial charge in [0.25, 0.3) is 0 Å². The van der Waals surface area contributed by atoms with Crippen molar-refractivity contribution in [2.45, 2.75) is 38.3 Å². The van der Waals surface area contributed by atoms with E-state index in [1.807, 2.05) is 29.1 Å². The monoisotopic (exact) mass is 373 g/mol. The molecule has 7 heteroatoms. The van der Waals surface area contributed by atoms with E-state index in [2.05, 4.69) is 22.5 Å². The van der Waals surface area contributed by atoms with E-state index in [-0.39, 0.29) is 23.5 Å². The second-order valence-electron chi connectivity index (χ2n) is 7.24. The SMILES string of the molecule is O=C(N[C@@H]1CCCc2c1cnn2Cc1ccccc1)[C@H]1CCS(=O)(=O)C1. The minimum absolute atomic E-state index is 0.0221. The molecule has 2 atom stereocenters. The summed E-state index contributed by atoms with van der Waals surface area (Å²) in [5.74, 6) is -0.453. The van der Waals surface area contributed by atoms with E-state index < -0.39 is 15.8 Å². The number of carbonyl (C=O) groups excluding carboxylic acids is 1. The van der Waals surface area contributed by atoms with E-state index in [0.717, 1.165) is 31.4 Å². The predicted molar refractivity (Wildman–Crippen MR) is 98.4 cm³/mol. The fraction of sp³-hybridized carbons (Fsp3) is 0.474. The first-order valence-corrected chi connectivity index (χ1v) is 10.9. The van der Waals surface area contributed by atoms with Gasteiger partial charge in [-0.15, -0.1) is 0 Å². The highest BCUT2D eigenvalue weighted by molar-refractivity contribution is 7.91. The van der Waals surface area contributed by atoms with Crippen LogP contribution in [0.2, 0.25) is 0 Å². The standard InChI is InChI=1S/C19H23N3O3S/c23-19(15-9-10-26(24,25)13-15)21-17-7-4-8-18-16(17)11-20-22(18)12-14-5-2-1-3-6-14/h1-3,5-6,11,15,17H,4,7-10,12-13H2,(H,21,23)/t15-,17+/m0/s1. The Bertz CT molecular complexity index is 905. The summed E-state index contributed by atoms with van der Waals surface area (Å²) in [5, 5.41) is 7.62. The maximum atomic E-state index is 12.5. The second kappa shape index (κ2) is 6.87. The number of hydrogen-bond donors (Lipinski definition) is 1. The van der Waals surface area contributed by atoms with Crippen LogP contribution in [0.1, 0.15) is 42.1 Å². The molecule has 138 valence electrons. The maximum absolute atomic E-state index is 12.5. The molecule has 0 spiro atoms. The third-order valence-electron chi connectivity index (χ3n) is 5.36. The molecule has 0 saturated carbocycles. The number of benzene rings is 1. The number of fused-ring (bicyclic) bond motifs is 1. The number of nitrogens with zero attached hydrogens (tertiary/aromatic N) is 2. The van der Waals surface area contributed by atoms with Gasteiger partial charge in [-0.2, -0.15) is 5.10 Å². The molecule has 1 aromatic carbocycles. The van der Waals surface area contributed by atoms with Crippen molar-refractivity contribution in [3.63, 3.8) is 0 Å². The Kier molecular flexibility index (Phi) is 4.56. The van der Waals surface area contributed by atoms with Crippen LogP contribution in [0, 0.1) is 5.92 Å². The Morgan fingerprint density at radius 2 is 2.04 bits per heavy atom. The first-order valence-electron chi connectivity index (χ1n) is 9.11. The molecule has 1 aliphatic heterocycles. The molecule has 0 unspecified atom stereocenters. The first-order chi connectivity index (χ1) is 12.5. The van der Waals surface area contributed by atoms with Gasteiger partial charge in [-0.05, 0) is 31.2 Å². The average Bonchev–Trinajstić information content (AvgIpc) is 3.20. The van der Waals surface area contributed by atoms with Crippen LogP contribution >= 0.6 is 0 Å². The fourth-order valence-corrected chi connectivity index (χ4v) is 5.69. The summed E-state index contributed by atoms with van der Waals surface area (Å²) < 4.78 is 25.3. The van der Waals surface area contributed by atoms with Crippen LogP contribution in [0.15, 0.2) is 36.5 Å². The van der Waals surface area contributed by atoms with Gasteiger partial charge in [-0.25, -0.2) is 8.42 Å². The van der Waals surface area contributed by atoms with Gasteiger partial charge < -0.3 is 5.32 Å². The molecule has 2 heterocycles. The summed E-state index contributed by atoms with van der Waals surface area (Å²) in [4.78, 5) is 12.5. The lowest BCUT2D eigenvalue weighted by atomic mass is 9.92. The molecule has 1 fully saturated rings. The lowest BCUT2D eigenvalue weighted by Gasteiger charge is -2.25. The van der Waals surface area contributed by atoms with E-state index in [0.29, 0.717) is 6.42 Å². The van der Waals surface area contributed by atoms with Crippen LogP contribution in [0.4, 0.5) is 0 Å². The van der Waals surface area contributed by atoms with Gasteiger partial charge in [0.1, 0.15) is 0 Å². The molecule has 1 amide bonds. The number of aromatic nitrogens is 2. The normalized spacial score (nSPS) is 24.2. The zero-order valence-electron chi connectivity index (χ0n) is 14.6. The molecule has 1 aromatic heterocycles. The highest BCUT2D eigenvalue weighted by atomic mass is 32.2. The van der Waals surface area contributed by atoms with Crippen LogP contribution < -0.4 is 5.32 Å². The molecule has 2 aliphatic rings. The summed E-state index contributed by atoms with van der Waals surface area (Å²) in [6.07, 6.45) is 5.10. The Balaban J connectivity index is 1.49. The lowest BCUT2D eigenvalue weighted by molar-refractivity contribution is -0.125. The quantitative estimate of drug-likeness (QED) is 0.887. The predicted octanol–water partition coefficient (Wildman–Crippen LogP) is 1.86. The third kappa shape index (κ3) is 3.53. The minimum atomic E-state index is -3.05. The number of amides is 1. The molecule has 1 saturated heterocycles.